The highest BCUT2D eigenvalue weighted by Gasteiger charge is 2.12. The monoisotopic (exact) mass is 287 g/mol. The van der Waals surface area contributed by atoms with Gasteiger partial charge in [-0.2, -0.15) is 0 Å². The lowest BCUT2D eigenvalue weighted by Gasteiger charge is -2.26. The first-order chi connectivity index (χ1) is 8.93. The third-order valence-electron chi connectivity index (χ3n) is 2.88. The van der Waals surface area contributed by atoms with Crippen LogP contribution in [0.15, 0.2) is 23.4 Å². The molecule has 0 amide bonds. The maximum absolute atomic E-state index is 13.1. The summed E-state index contributed by atoms with van der Waals surface area (Å²) in [5, 5.41) is 11.6. The summed E-state index contributed by atoms with van der Waals surface area (Å²) in [5.41, 5.74) is 6.39. The van der Waals surface area contributed by atoms with E-state index in [9.17, 15) is 4.39 Å². The molecule has 1 aromatic rings. The Morgan fingerprint density at radius 1 is 1.53 bits per heavy atom. The molecule has 0 saturated carbocycles. The van der Waals surface area contributed by atoms with Crippen molar-refractivity contribution in [2.24, 2.45) is 10.9 Å². The molecule has 0 fully saturated rings. The average molecular weight is 288 g/mol. The van der Waals surface area contributed by atoms with Gasteiger partial charge in [-0.1, -0.05) is 22.8 Å². The van der Waals surface area contributed by atoms with E-state index in [4.69, 9.17) is 22.5 Å². The molecule has 0 aliphatic rings. The molecular formula is C13H19ClFN3O. The Morgan fingerprint density at radius 3 is 2.74 bits per heavy atom. The number of nitrogens with zero attached hydrogens (tertiary/aromatic N) is 2. The molecule has 4 nitrogen and oxygen atoms in total. The fourth-order valence-corrected chi connectivity index (χ4v) is 1.90. The molecule has 0 aliphatic heterocycles. The minimum absolute atomic E-state index is 0.123. The van der Waals surface area contributed by atoms with Gasteiger partial charge in [-0.3, -0.25) is 4.90 Å². The third-order valence-corrected chi connectivity index (χ3v) is 3.17. The Kier molecular flexibility index (Phi) is 6.05. The SMILES string of the molecule is CC(C)N(CC/C(N)=N/O)Cc1ccc(F)c(Cl)c1. The molecule has 1 rings (SSSR count). The standard InChI is InChI=1S/C13H19ClFN3O/c1-9(2)18(6-5-13(16)17-19)8-10-3-4-12(15)11(14)7-10/h3-4,7,9,19H,5-6,8H2,1-2H3,(H2,16,17). The van der Waals surface area contributed by atoms with Gasteiger partial charge in [0, 0.05) is 25.6 Å². The predicted octanol–water partition coefficient (Wildman–Crippen LogP) is 2.83. The second-order valence-corrected chi connectivity index (χ2v) is 5.06. The van der Waals surface area contributed by atoms with Gasteiger partial charge in [-0.25, -0.2) is 4.39 Å². The smallest absolute Gasteiger partial charge is 0.141 e. The first-order valence-electron chi connectivity index (χ1n) is 6.08. The van der Waals surface area contributed by atoms with Gasteiger partial charge in [0.25, 0.3) is 0 Å². The second kappa shape index (κ2) is 7.31. The van der Waals surface area contributed by atoms with Crippen molar-refractivity contribution in [3.05, 3.63) is 34.6 Å². The van der Waals surface area contributed by atoms with E-state index in [0.29, 0.717) is 19.5 Å². The molecule has 1 aromatic carbocycles. The Hall–Kier alpha value is -1.33. The molecule has 3 N–H and O–H groups in total. The molecule has 0 atom stereocenters. The molecule has 19 heavy (non-hydrogen) atoms. The van der Waals surface area contributed by atoms with Crippen molar-refractivity contribution in [2.75, 3.05) is 6.54 Å². The van der Waals surface area contributed by atoms with E-state index in [2.05, 4.69) is 23.9 Å². The minimum Gasteiger partial charge on any atom is -0.409 e. The van der Waals surface area contributed by atoms with Crippen molar-refractivity contribution >= 4 is 17.4 Å². The zero-order chi connectivity index (χ0) is 14.4. The van der Waals surface area contributed by atoms with Crippen LogP contribution < -0.4 is 5.73 Å². The summed E-state index contributed by atoms with van der Waals surface area (Å²) in [6.07, 6.45) is 0.476. The van der Waals surface area contributed by atoms with Crippen LogP contribution in [0.5, 0.6) is 0 Å². The fourth-order valence-electron chi connectivity index (χ4n) is 1.70. The minimum atomic E-state index is -0.418. The predicted molar refractivity (Wildman–Crippen MR) is 75.0 cm³/mol. The van der Waals surface area contributed by atoms with E-state index in [-0.39, 0.29) is 16.9 Å². The zero-order valence-electron chi connectivity index (χ0n) is 11.1. The van der Waals surface area contributed by atoms with E-state index >= 15 is 0 Å². The first-order valence-corrected chi connectivity index (χ1v) is 6.46. The molecule has 0 heterocycles. The second-order valence-electron chi connectivity index (χ2n) is 4.65. The quantitative estimate of drug-likeness (QED) is 0.366. The van der Waals surface area contributed by atoms with Gasteiger partial charge in [-0.05, 0) is 31.5 Å². The van der Waals surface area contributed by atoms with Crippen molar-refractivity contribution in [3.8, 4) is 0 Å². The van der Waals surface area contributed by atoms with Crippen LogP contribution >= 0.6 is 11.6 Å². The summed E-state index contributed by atoms with van der Waals surface area (Å²) in [6, 6.07) is 4.98. The van der Waals surface area contributed by atoms with Crippen molar-refractivity contribution < 1.29 is 9.60 Å². The summed E-state index contributed by atoms with van der Waals surface area (Å²) in [7, 11) is 0. The van der Waals surface area contributed by atoms with Gasteiger partial charge in [0.2, 0.25) is 0 Å². The summed E-state index contributed by atoms with van der Waals surface area (Å²) >= 11 is 5.76. The third kappa shape index (κ3) is 5.04. The first kappa shape index (κ1) is 15.7. The Balaban J connectivity index is 2.70. The van der Waals surface area contributed by atoms with Crippen LogP contribution in [0.2, 0.25) is 5.02 Å². The van der Waals surface area contributed by atoms with E-state index in [0.717, 1.165) is 5.56 Å². The lowest BCUT2D eigenvalue weighted by Crippen LogP contribution is -2.33. The number of oxime groups is 1. The van der Waals surface area contributed by atoms with Gasteiger partial charge in [0.15, 0.2) is 0 Å². The number of hydrogen-bond donors (Lipinski definition) is 2. The Labute approximate surface area is 117 Å². The van der Waals surface area contributed by atoms with Crippen LogP contribution in [0.1, 0.15) is 25.8 Å². The molecule has 0 aliphatic carbocycles. The average Bonchev–Trinajstić information content (AvgIpc) is 2.37. The molecule has 0 spiro atoms. The van der Waals surface area contributed by atoms with Crippen LogP contribution in [-0.2, 0) is 6.54 Å². The number of rotatable bonds is 6. The zero-order valence-corrected chi connectivity index (χ0v) is 11.9. The maximum atomic E-state index is 13.1. The highest BCUT2D eigenvalue weighted by molar-refractivity contribution is 6.30. The number of nitrogens with two attached hydrogens (primary N) is 1. The van der Waals surface area contributed by atoms with Gasteiger partial charge in [0.1, 0.15) is 11.7 Å². The van der Waals surface area contributed by atoms with Crippen molar-refractivity contribution in [1.29, 1.82) is 0 Å². The largest absolute Gasteiger partial charge is 0.409 e. The molecular weight excluding hydrogens is 269 g/mol. The Morgan fingerprint density at radius 2 is 2.21 bits per heavy atom. The normalized spacial score (nSPS) is 12.4. The molecule has 0 bridgehead atoms. The van der Waals surface area contributed by atoms with E-state index in [1.807, 2.05) is 0 Å². The number of benzene rings is 1. The van der Waals surface area contributed by atoms with Gasteiger partial charge >= 0.3 is 0 Å². The molecule has 0 saturated heterocycles. The lowest BCUT2D eigenvalue weighted by atomic mass is 10.1. The maximum Gasteiger partial charge on any atom is 0.141 e. The van der Waals surface area contributed by atoms with Gasteiger partial charge < -0.3 is 10.9 Å². The number of amidine groups is 1. The molecule has 0 aromatic heterocycles. The topological polar surface area (TPSA) is 61.8 Å². The van der Waals surface area contributed by atoms with Crippen LogP contribution in [0.4, 0.5) is 4.39 Å². The van der Waals surface area contributed by atoms with Gasteiger partial charge in [-0.15, -0.1) is 0 Å². The molecule has 0 unspecified atom stereocenters. The van der Waals surface area contributed by atoms with Crippen LogP contribution in [0.3, 0.4) is 0 Å². The van der Waals surface area contributed by atoms with Crippen LogP contribution in [0.25, 0.3) is 0 Å². The summed E-state index contributed by atoms with van der Waals surface area (Å²) in [6.45, 7) is 5.40. The number of hydrogen-bond acceptors (Lipinski definition) is 3. The van der Waals surface area contributed by atoms with Crippen LogP contribution in [-0.4, -0.2) is 28.5 Å². The Bertz CT molecular complexity index is 452. The molecule has 6 heteroatoms. The lowest BCUT2D eigenvalue weighted by molar-refractivity contribution is 0.217. The highest BCUT2D eigenvalue weighted by atomic mass is 35.5. The van der Waals surface area contributed by atoms with E-state index in [1.54, 1.807) is 12.1 Å². The molecule has 106 valence electrons. The summed E-state index contributed by atoms with van der Waals surface area (Å²) in [5.74, 6) is -0.221. The summed E-state index contributed by atoms with van der Waals surface area (Å²) in [4.78, 5) is 2.14. The van der Waals surface area contributed by atoms with Crippen molar-refractivity contribution in [2.45, 2.75) is 32.9 Å². The summed E-state index contributed by atoms with van der Waals surface area (Å²) < 4.78 is 13.1. The number of halogens is 2. The fraction of sp³-hybridized carbons (Fsp3) is 0.462. The van der Waals surface area contributed by atoms with Gasteiger partial charge in [0.05, 0.1) is 5.02 Å². The van der Waals surface area contributed by atoms with E-state index in [1.165, 1.54) is 6.07 Å². The highest BCUT2D eigenvalue weighted by Crippen LogP contribution is 2.18. The van der Waals surface area contributed by atoms with Crippen LogP contribution in [0, 0.1) is 5.82 Å². The van der Waals surface area contributed by atoms with E-state index < -0.39 is 5.82 Å². The molecule has 0 radical (unpaired) electrons. The van der Waals surface area contributed by atoms with Crippen molar-refractivity contribution in [1.82, 2.24) is 4.90 Å². The van der Waals surface area contributed by atoms with Crippen molar-refractivity contribution in [3.63, 3.8) is 0 Å².